The minimum absolute atomic E-state index is 0.132. The molecule has 5 heteroatoms. The largest absolute Gasteiger partial charge is 0.469 e. The number of carbonyl (C=O) groups excluding carboxylic acids is 2. The van der Waals surface area contributed by atoms with Crippen LogP contribution in [-0.4, -0.2) is 43.0 Å². The van der Waals surface area contributed by atoms with Gasteiger partial charge in [-0.1, -0.05) is 0 Å². The highest BCUT2D eigenvalue weighted by Gasteiger charge is 2.25. The molecule has 0 aromatic carbocycles. The number of rotatable bonds is 5. The molecule has 1 amide bonds. The molecule has 0 aliphatic carbocycles. The number of methoxy groups -OCH3 is 1. The maximum atomic E-state index is 11.6. The third kappa shape index (κ3) is 5.37. The number of ether oxygens (including phenoxy) is 1. The average Bonchev–Trinajstić information content (AvgIpc) is 2.14. The van der Waals surface area contributed by atoms with Crippen LogP contribution in [0.15, 0.2) is 0 Å². The zero-order valence-electron chi connectivity index (χ0n) is 9.87. The lowest BCUT2D eigenvalue weighted by molar-refractivity contribution is -0.141. The van der Waals surface area contributed by atoms with Gasteiger partial charge in [-0.2, -0.15) is 0 Å². The second kappa shape index (κ2) is 5.70. The molecule has 0 saturated carbocycles. The third-order valence-electron chi connectivity index (χ3n) is 2.00. The lowest BCUT2D eigenvalue weighted by atomic mass is 10.1. The molecule has 0 unspecified atom stereocenters. The van der Waals surface area contributed by atoms with Gasteiger partial charge < -0.3 is 15.4 Å². The van der Waals surface area contributed by atoms with Crippen molar-refractivity contribution in [2.75, 3.05) is 20.7 Å². The van der Waals surface area contributed by atoms with Crippen LogP contribution < -0.4 is 5.73 Å². The van der Waals surface area contributed by atoms with Gasteiger partial charge in [0, 0.05) is 20.0 Å². The van der Waals surface area contributed by atoms with Crippen LogP contribution in [-0.2, 0) is 14.3 Å². The molecule has 0 atom stereocenters. The number of hydrogen-bond acceptors (Lipinski definition) is 4. The molecule has 0 bridgehead atoms. The average molecular weight is 216 g/mol. The first-order valence-electron chi connectivity index (χ1n) is 4.90. The Morgan fingerprint density at radius 3 is 2.33 bits per heavy atom. The van der Waals surface area contributed by atoms with E-state index >= 15 is 0 Å². The van der Waals surface area contributed by atoms with Crippen LogP contribution >= 0.6 is 0 Å². The van der Waals surface area contributed by atoms with E-state index in [9.17, 15) is 9.59 Å². The van der Waals surface area contributed by atoms with E-state index in [0.717, 1.165) is 0 Å². The standard InChI is InChI=1S/C10H20N2O3/c1-10(2,11)9(14)12(3)7-5-6-8(13)15-4/h5-7,11H2,1-4H3. The summed E-state index contributed by atoms with van der Waals surface area (Å²) in [5, 5.41) is 0. The number of esters is 1. The Labute approximate surface area is 90.6 Å². The van der Waals surface area contributed by atoms with Crippen molar-refractivity contribution in [3.63, 3.8) is 0 Å². The van der Waals surface area contributed by atoms with E-state index in [1.807, 2.05) is 0 Å². The number of nitrogens with zero attached hydrogens (tertiary/aromatic N) is 1. The van der Waals surface area contributed by atoms with E-state index in [2.05, 4.69) is 4.74 Å². The molecule has 88 valence electrons. The molecule has 0 aliphatic heterocycles. The zero-order valence-corrected chi connectivity index (χ0v) is 9.87. The van der Waals surface area contributed by atoms with Crippen LogP contribution in [0.3, 0.4) is 0 Å². The highest BCUT2D eigenvalue weighted by Crippen LogP contribution is 2.04. The van der Waals surface area contributed by atoms with E-state index < -0.39 is 5.54 Å². The fourth-order valence-electron chi connectivity index (χ4n) is 1.16. The summed E-state index contributed by atoms with van der Waals surface area (Å²) < 4.78 is 4.49. The quantitative estimate of drug-likeness (QED) is 0.663. The number of amides is 1. The lowest BCUT2D eigenvalue weighted by Crippen LogP contribution is -2.49. The van der Waals surface area contributed by atoms with Gasteiger partial charge in [0.05, 0.1) is 12.6 Å². The summed E-state index contributed by atoms with van der Waals surface area (Å²) in [6.45, 7) is 3.83. The zero-order chi connectivity index (χ0) is 12.1. The molecule has 0 aliphatic rings. The Morgan fingerprint density at radius 2 is 1.93 bits per heavy atom. The maximum Gasteiger partial charge on any atom is 0.305 e. The number of nitrogens with two attached hydrogens (primary N) is 1. The Hall–Kier alpha value is -1.10. The molecule has 0 fully saturated rings. The van der Waals surface area contributed by atoms with E-state index in [1.165, 1.54) is 12.0 Å². The molecule has 0 spiro atoms. The number of likely N-dealkylation sites (N-methyl/N-ethyl adjacent to an activating group) is 1. The van der Waals surface area contributed by atoms with Crippen molar-refractivity contribution in [1.29, 1.82) is 0 Å². The molecule has 0 rings (SSSR count). The van der Waals surface area contributed by atoms with Crippen molar-refractivity contribution < 1.29 is 14.3 Å². The summed E-state index contributed by atoms with van der Waals surface area (Å²) in [6.07, 6.45) is 0.907. The molecule has 2 N–H and O–H groups in total. The number of carbonyl (C=O) groups is 2. The van der Waals surface area contributed by atoms with E-state index in [-0.39, 0.29) is 11.9 Å². The minimum atomic E-state index is -0.861. The number of hydrogen-bond donors (Lipinski definition) is 1. The van der Waals surface area contributed by atoms with Crippen LogP contribution in [0.4, 0.5) is 0 Å². The first-order chi connectivity index (χ1) is 6.79. The van der Waals surface area contributed by atoms with Gasteiger partial charge in [-0.25, -0.2) is 0 Å². The Morgan fingerprint density at radius 1 is 1.40 bits per heavy atom. The SMILES string of the molecule is COC(=O)CCCN(C)C(=O)C(C)(C)N. The molecule has 0 aromatic heterocycles. The van der Waals surface area contributed by atoms with Crippen LogP contribution in [0.1, 0.15) is 26.7 Å². The Bertz CT molecular complexity index is 233. The monoisotopic (exact) mass is 216 g/mol. The van der Waals surface area contributed by atoms with E-state index in [4.69, 9.17) is 5.73 Å². The maximum absolute atomic E-state index is 11.6. The van der Waals surface area contributed by atoms with Crippen molar-refractivity contribution in [3.05, 3.63) is 0 Å². The summed E-state index contributed by atoms with van der Waals surface area (Å²) in [4.78, 5) is 23.9. The summed E-state index contributed by atoms with van der Waals surface area (Å²) in [6, 6.07) is 0. The Balaban J connectivity index is 3.90. The smallest absolute Gasteiger partial charge is 0.305 e. The summed E-state index contributed by atoms with van der Waals surface area (Å²) >= 11 is 0. The molecular formula is C10H20N2O3. The van der Waals surface area contributed by atoms with Crippen LogP contribution in [0.5, 0.6) is 0 Å². The third-order valence-corrected chi connectivity index (χ3v) is 2.00. The Kier molecular flexibility index (Phi) is 5.28. The lowest BCUT2D eigenvalue weighted by Gasteiger charge is -2.25. The molecule has 0 aromatic rings. The first-order valence-corrected chi connectivity index (χ1v) is 4.90. The topological polar surface area (TPSA) is 72.6 Å². The van der Waals surface area contributed by atoms with Gasteiger partial charge in [0.2, 0.25) is 5.91 Å². The molecule has 0 radical (unpaired) electrons. The summed E-state index contributed by atoms with van der Waals surface area (Å²) in [5.41, 5.74) is 4.79. The molecular weight excluding hydrogens is 196 g/mol. The van der Waals surface area contributed by atoms with E-state index in [0.29, 0.717) is 19.4 Å². The molecule has 0 heterocycles. The van der Waals surface area contributed by atoms with Gasteiger partial charge in [-0.15, -0.1) is 0 Å². The van der Waals surface area contributed by atoms with Gasteiger partial charge in [0.15, 0.2) is 0 Å². The van der Waals surface area contributed by atoms with Crippen molar-refractivity contribution in [3.8, 4) is 0 Å². The van der Waals surface area contributed by atoms with Crippen molar-refractivity contribution in [2.45, 2.75) is 32.2 Å². The summed E-state index contributed by atoms with van der Waals surface area (Å²) in [5.74, 6) is -0.393. The highest BCUT2D eigenvalue weighted by atomic mass is 16.5. The minimum Gasteiger partial charge on any atom is -0.469 e. The molecule has 15 heavy (non-hydrogen) atoms. The molecule has 0 saturated heterocycles. The van der Waals surface area contributed by atoms with Crippen molar-refractivity contribution in [2.24, 2.45) is 5.73 Å². The van der Waals surface area contributed by atoms with Gasteiger partial charge in [-0.3, -0.25) is 9.59 Å². The fraction of sp³-hybridized carbons (Fsp3) is 0.800. The van der Waals surface area contributed by atoms with Crippen molar-refractivity contribution >= 4 is 11.9 Å². The predicted molar refractivity (Wildman–Crippen MR) is 57.2 cm³/mol. The van der Waals surface area contributed by atoms with E-state index in [1.54, 1.807) is 20.9 Å². The van der Waals surface area contributed by atoms with Crippen LogP contribution in [0, 0.1) is 0 Å². The normalized spacial score (nSPS) is 11.0. The second-order valence-electron chi connectivity index (χ2n) is 4.13. The first kappa shape index (κ1) is 13.9. The van der Waals surface area contributed by atoms with Crippen LogP contribution in [0.25, 0.3) is 0 Å². The second-order valence-corrected chi connectivity index (χ2v) is 4.13. The van der Waals surface area contributed by atoms with Gasteiger partial charge in [-0.05, 0) is 20.3 Å². The van der Waals surface area contributed by atoms with Crippen LogP contribution in [0.2, 0.25) is 0 Å². The summed E-state index contributed by atoms with van der Waals surface area (Å²) in [7, 11) is 3.02. The van der Waals surface area contributed by atoms with Gasteiger partial charge in [0.1, 0.15) is 0 Å². The predicted octanol–water partition coefficient (Wildman–Crippen LogP) is 0.135. The fourth-order valence-corrected chi connectivity index (χ4v) is 1.16. The van der Waals surface area contributed by atoms with Crippen molar-refractivity contribution in [1.82, 2.24) is 4.90 Å². The molecule has 5 nitrogen and oxygen atoms in total. The van der Waals surface area contributed by atoms with Gasteiger partial charge >= 0.3 is 5.97 Å². The van der Waals surface area contributed by atoms with Gasteiger partial charge in [0.25, 0.3) is 0 Å². The highest BCUT2D eigenvalue weighted by molar-refractivity contribution is 5.84.